The summed E-state index contributed by atoms with van der Waals surface area (Å²) < 4.78 is 6.26. The molecule has 11 aromatic rings. The summed E-state index contributed by atoms with van der Waals surface area (Å²) in [6, 6.07) is 72.4. The van der Waals surface area contributed by atoms with Crippen molar-refractivity contribution in [3.8, 4) is 22.3 Å². The van der Waals surface area contributed by atoms with Crippen molar-refractivity contribution < 1.29 is 4.42 Å². The molecule has 11 rings (SSSR count). The number of benzene rings is 10. The van der Waals surface area contributed by atoms with Crippen LogP contribution in [0.4, 0.5) is 17.1 Å². The van der Waals surface area contributed by atoms with Gasteiger partial charge in [-0.05, 0) is 108 Å². The van der Waals surface area contributed by atoms with Crippen LogP contribution >= 0.6 is 0 Å². The molecule has 0 bridgehead atoms. The summed E-state index contributed by atoms with van der Waals surface area (Å²) in [7, 11) is 0. The van der Waals surface area contributed by atoms with Crippen molar-refractivity contribution in [2.24, 2.45) is 0 Å². The van der Waals surface area contributed by atoms with Crippen LogP contribution in [-0.4, -0.2) is 0 Å². The normalized spacial score (nSPS) is 11.7. The second-order valence-corrected chi connectivity index (χ2v) is 14.1. The molecule has 0 spiro atoms. The maximum absolute atomic E-state index is 6.26. The van der Waals surface area contributed by atoms with Gasteiger partial charge in [0.05, 0.1) is 5.69 Å². The third-order valence-corrected chi connectivity index (χ3v) is 11.0. The van der Waals surface area contributed by atoms with Gasteiger partial charge < -0.3 is 9.32 Å². The highest BCUT2D eigenvalue weighted by atomic mass is 16.3. The fraction of sp³-hybridized carbons (Fsp3) is 0. The Kier molecular flexibility index (Phi) is 6.90. The van der Waals surface area contributed by atoms with Crippen molar-refractivity contribution >= 4 is 82.1 Å². The number of hydrogen-bond donors (Lipinski definition) is 0. The zero-order valence-corrected chi connectivity index (χ0v) is 29.4. The van der Waals surface area contributed by atoms with Gasteiger partial charge in [-0.15, -0.1) is 0 Å². The second kappa shape index (κ2) is 12.2. The fourth-order valence-electron chi connectivity index (χ4n) is 8.56. The van der Waals surface area contributed by atoms with E-state index in [9.17, 15) is 0 Å². The van der Waals surface area contributed by atoms with Gasteiger partial charge in [-0.25, -0.2) is 0 Å². The lowest BCUT2D eigenvalue weighted by atomic mass is 9.93. The van der Waals surface area contributed by atoms with Gasteiger partial charge in [-0.1, -0.05) is 152 Å². The molecular formula is C52H33NO. The van der Waals surface area contributed by atoms with Gasteiger partial charge in [-0.2, -0.15) is 0 Å². The Labute approximate surface area is 312 Å². The lowest BCUT2D eigenvalue weighted by molar-refractivity contribution is 0.669. The predicted molar refractivity (Wildman–Crippen MR) is 229 cm³/mol. The molecule has 0 saturated carbocycles. The van der Waals surface area contributed by atoms with Crippen LogP contribution in [0.1, 0.15) is 0 Å². The number of anilines is 3. The summed E-state index contributed by atoms with van der Waals surface area (Å²) in [5.41, 5.74) is 9.85. The van der Waals surface area contributed by atoms with E-state index in [0.717, 1.165) is 50.1 Å². The van der Waals surface area contributed by atoms with Gasteiger partial charge in [0.15, 0.2) is 0 Å². The maximum Gasteiger partial charge on any atom is 0.136 e. The van der Waals surface area contributed by atoms with Gasteiger partial charge in [-0.3, -0.25) is 0 Å². The Morgan fingerprint density at radius 3 is 1.65 bits per heavy atom. The molecule has 0 unspecified atom stereocenters. The van der Waals surface area contributed by atoms with E-state index in [1.165, 1.54) is 54.2 Å². The highest BCUT2D eigenvalue weighted by molar-refractivity contribution is 6.16. The van der Waals surface area contributed by atoms with Gasteiger partial charge in [0.25, 0.3) is 0 Å². The lowest BCUT2D eigenvalue weighted by Crippen LogP contribution is -2.11. The van der Waals surface area contributed by atoms with Gasteiger partial charge in [0, 0.05) is 27.5 Å². The van der Waals surface area contributed by atoms with Gasteiger partial charge in [0.2, 0.25) is 0 Å². The Morgan fingerprint density at radius 2 is 0.889 bits per heavy atom. The standard InChI is InChI=1S/C52H33NO/c1-3-17-40-36(13-1)32-48(45-21-6-5-19-43(40)45)35-15-11-16-39(31-35)53(49-33-37-14-2-4-18-41(37)44-20-7-8-22-46(44)49)38-29-27-34(28-30-38)42-24-12-26-51-52(42)47-23-9-10-25-50(47)54-51/h1-33H. The number of furan rings is 1. The van der Waals surface area contributed by atoms with Crippen LogP contribution in [0.5, 0.6) is 0 Å². The van der Waals surface area contributed by atoms with Crippen LogP contribution in [0, 0.1) is 0 Å². The summed E-state index contributed by atoms with van der Waals surface area (Å²) in [4.78, 5) is 2.43. The second-order valence-electron chi connectivity index (χ2n) is 14.1. The van der Waals surface area contributed by atoms with Crippen LogP contribution in [-0.2, 0) is 0 Å². The zero-order chi connectivity index (χ0) is 35.6. The third kappa shape index (κ3) is 4.81. The van der Waals surface area contributed by atoms with Crippen LogP contribution in [0.3, 0.4) is 0 Å². The highest BCUT2D eigenvalue weighted by Gasteiger charge is 2.20. The molecule has 54 heavy (non-hydrogen) atoms. The maximum atomic E-state index is 6.26. The lowest BCUT2D eigenvalue weighted by Gasteiger charge is -2.28. The van der Waals surface area contributed by atoms with Crippen molar-refractivity contribution in [3.63, 3.8) is 0 Å². The number of hydrogen-bond acceptors (Lipinski definition) is 2. The Bertz CT molecular complexity index is 3230. The molecule has 1 heterocycles. The Morgan fingerprint density at radius 1 is 0.315 bits per heavy atom. The number of fused-ring (bicyclic) bond motifs is 9. The molecule has 252 valence electrons. The molecule has 0 aliphatic carbocycles. The van der Waals surface area contributed by atoms with Crippen molar-refractivity contribution in [3.05, 3.63) is 200 Å². The molecule has 0 aliphatic heterocycles. The summed E-state index contributed by atoms with van der Waals surface area (Å²) in [5.74, 6) is 0. The molecule has 0 amide bonds. The van der Waals surface area contributed by atoms with Crippen molar-refractivity contribution in [1.29, 1.82) is 0 Å². The zero-order valence-electron chi connectivity index (χ0n) is 29.4. The van der Waals surface area contributed by atoms with E-state index in [0.29, 0.717) is 0 Å². The van der Waals surface area contributed by atoms with Crippen LogP contribution < -0.4 is 4.90 Å². The molecule has 0 fully saturated rings. The predicted octanol–water partition coefficient (Wildman–Crippen LogP) is 15.0. The largest absolute Gasteiger partial charge is 0.456 e. The number of para-hydroxylation sites is 1. The van der Waals surface area contributed by atoms with Crippen LogP contribution in [0.2, 0.25) is 0 Å². The SMILES string of the molecule is c1cc(-c2cc3ccccc3c3ccccc23)cc(N(c2ccc(-c3cccc4oc5ccccc5c34)cc2)c2cc3ccccc3c3ccccc23)c1. The van der Waals surface area contributed by atoms with Gasteiger partial charge >= 0.3 is 0 Å². The topological polar surface area (TPSA) is 16.4 Å². The summed E-state index contributed by atoms with van der Waals surface area (Å²) >= 11 is 0. The Balaban J connectivity index is 1.13. The van der Waals surface area contributed by atoms with E-state index < -0.39 is 0 Å². The van der Waals surface area contributed by atoms with Crippen LogP contribution in [0.25, 0.3) is 87.3 Å². The number of rotatable bonds is 5. The smallest absolute Gasteiger partial charge is 0.136 e. The average molecular weight is 688 g/mol. The highest BCUT2D eigenvalue weighted by Crippen LogP contribution is 2.45. The monoisotopic (exact) mass is 687 g/mol. The minimum atomic E-state index is 0.903. The minimum Gasteiger partial charge on any atom is -0.456 e. The van der Waals surface area contributed by atoms with E-state index >= 15 is 0 Å². The summed E-state index contributed by atoms with van der Waals surface area (Å²) in [6.07, 6.45) is 0. The van der Waals surface area contributed by atoms with E-state index in [4.69, 9.17) is 4.42 Å². The number of nitrogens with zero attached hydrogens (tertiary/aromatic N) is 1. The molecule has 10 aromatic carbocycles. The molecule has 0 aliphatic rings. The van der Waals surface area contributed by atoms with E-state index in [1.54, 1.807) is 0 Å². The molecule has 1 aromatic heterocycles. The molecule has 0 saturated heterocycles. The molecule has 2 nitrogen and oxygen atoms in total. The molecular weight excluding hydrogens is 655 g/mol. The van der Waals surface area contributed by atoms with E-state index in [2.05, 4.69) is 193 Å². The molecule has 2 heteroatoms. The van der Waals surface area contributed by atoms with Crippen molar-refractivity contribution in [2.45, 2.75) is 0 Å². The van der Waals surface area contributed by atoms with Crippen molar-refractivity contribution in [1.82, 2.24) is 0 Å². The van der Waals surface area contributed by atoms with Crippen molar-refractivity contribution in [2.75, 3.05) is 4.90 Å². The quantitative estimate of drug-likeness (QED) is 0.168. The van der Waals surface area contributed by atoms with E-state index in [-0.39, 0.29) is 0 Å². The summed E-state index contributed by atoms with van der Waals surface area (Å²) in [6.45, 7) is 0. The molecule has 0 N–H and O–H groups in total. The first-order valence-electron chi connectivity index (χ1n) is 18.5. The third-order valence-electron chi connectivity index (χ3n) is 11.0. The van der Waals surface area contributed by atoms with E-state index in [1.807, 2.05) is 12.1 Å². The summed E-state index contributed by atoms with van der Waals surface area (Å²) in [5, 5.41) is 12.2. The first-order chi connectivity index (χ1) is 26.8. The fourth-order valence-corrected chi connectivity index (χ4v) is 8.56. The van der Waals surface area contributed by atoms with Crippen LogP contribution in [0.15, 0.2) is 205 Å². The van der Waals surface area contributed by atoms with Gasteiger partial charge in [0.1, 0.15) is 11.2 Å². The molecule has 0 radical (unpaired) electrons. The minimum absolute atomic E-state index is 0.903. The first kappa shape index (κ1) is 30.5. The first-order valence-corrected chi connectivity index (χ1v) is 18.5. The molecule has 0 atom stereocenters. The average Bonchev–Trinajstić information content (AvgIpc) is 3.63. The Hall–Kier alpha value is -7.16.